The van der Waals surface area contributed by atoms with E-state index in [0.29, 0.717) is 0 Å². The SMILES string of the molecule is CCCCCCCCC(CCCCCCCC)(CCCCCCCC)C(OCCOc1ccccc1)S(=O)(=O)O. The summed E-state index contributed by atoms with van der Waals surface area (Å²) in [6.07, 6.45) is 23.2. The van der Waals surface area contributed by atoms with Gasteiger partial charge in [-0.2, -0.15) is 8.42 Å². The van der Waals surface area contributed by atoms with Gasteiger partial charge in [0.25, 0.3) is 10.1 Å². The van der Waals surface area contributed by atoms with Gasteiger partial charge in [0.2, 0.25) is 0 Å². The second-order valence-electron chi connectivity index (χ2n) is 11.8. The molecule has 0 saturated heterocycles. The molecule has 1 unspecified atom stereocenters. The van der Waals surface area contributed by atoms with E-state index in [2.05, 4.69) is 20.8 Å². The van der Waals surface area contributed by atoms with Crippen LogP contribution in [0.5, 0.6) is 5.75 Å². The van der Waals surface area contributed by atoms with E-state index in [-0.39, 0.29) is 13.2 Å². The molecule has 1 N–H and O–H groups in total. The number of benzene rings is 1. The van der Waals surface area contributed by atoms with Gasteiger partial charge in [0.1, 0.15) is 12.4 Å². The van der Waals surface area contributed by atoms with Crippen molar-refractivity contribution in [2.45, 2.75) is 161 Å². The summed E-state index contributed by atoms with van der Waals surface area (Å²) >= 11 is 0. The summed E-state index contributed by atoms with van der Waals surface area (Å²) in [5, 5.41) is 0. The molecule has 0 aliphatic rings. The molecule has 0 spiro atoms. The van der Waals surface area contributed by atoms with Gasteiger partial charge in [-0.25, -0.2) is 0 Å². The summed E-state index contributed by atoms with van der Waals surface area (Å²) < 4.78 is 48.4. The average Bonchev–Trinajstić information content (AvgIpc) is 2.94. The Kier molecular flexibility index (Phi) is 21.6. The average molecular weight is 583 g/mol. The lowest BCUT2D eigenvalue weighted by molar-refractivity contribution is -0.0228. The third kappa shape index (κ3) is 17.0. The third-order valence-electron chi connectivity index (χ3n) is 8.22. The van der Waals surface area contributed by atoms with E-state index >= 15 is 0 Å². The van der Waals surface area contributed by atoms with Crippen LogP contribution in [0, 0.1) is 5.41 Å². The molecule has 6 heteroatoms. The van der Waals surface area contributed by atoms with Crippen LogP contribution in [0.3, 0.4) is 0 Å². The van der Waals surface area contributed by atoms with Crippen molar-refractivity contribution >= 4 is 10.1 Å². The van der Waals surface area contributed by atoms with Crippen molar-refractivity contribution in [1.82, 2.24) is 0 Å². The van der Waals surface area contributed by atoms with Crippen LogP contribution < -0.4 is 4.74 Å². The fourth-order valence-electron chi connectivity index (χ4n) is 5.91. The monoisotopic (exact) mass is 582 g/mol. The zero-order valence-corrected chi connectivity index (χ0v) is 27.0. The summed E-state index contributed by atoms with van der Waals surface area (Å²) in [6, 6.07) is 9.49. The van der Waals surface area contributed by atoms with E-state index in [9.17, 15) is 13.0 Å². The van der Waals surface area contributed by atoms with Crippen molar-refractivity contribution in [1.29, 1.82) is 0 Å². The van der Waals surface area contributed by atoms with Gasteiger partial charge in [0, 0.05) is 5.41 Å². The molecule has 0 aliphatic carbocycles. The zero-order valence-electron chi connectivity index (χ0n) is 26.2. The molecule has 1 rings (SSSR count). The Morgan fingerprint density at radius 1 is 0.625 bits per heavy atom. The molecular weight excluding hydrogens is 520 g/mol. The van der Waals surface area contributed by atoms with Gasteiger partial charge in [0.05, 0.1) is 6.61 Å². The molecule has 234 valence electrons. The molecule has 40 heavy (non-hydrogen) atoms. The largest absolute Gasteiger partial charge is 0.491 e. The second kappa shape index (κ2) is 23.5. The Bertz CT molecular complexity index is 755. The second-order valence-corrected chi connectivity index (χ2v) is 13.3. The Balaban J connectivity index is 3.03. The van der Waals surface area contributed by atoms with Gasteiger partial charge < -0.3 is 9.47 Å². The maximum Gasteiger partial charge on any atom is 0.292 e. The highest BCUT2D eigenvalue weighted by molar-refractivity contribution is 7.86. The maximum atomic E-state index is 13.0. The minimum Gasteiger partial charge on any atom is -0.491 e. The maximum absolute atomic E-state index is 13.0. The Morgan fingerprint density at radius 3 is 1.43 bits per heavy atom. The zero-order chi connectivity index (χ0) is 29.4. The van der Waals surface area contributed by atoms with Gasteiger partial charge in [-0.1, -0.05) is 155 Å². The van der Waals surface area contributed by atoms with Crippen molar-refractivity contribution in [2.75, 3.05) is 13.2 Å². The topological polar surface area (TPSA) is 72.8 Å². The first-order valence-corrected chi connectivity index (χ1v) is 18.2. The number of para-hydroxylation sites is 1. The lowest BCUT2D eigenvalue weighted by Gasteiger charge is -2.40. The Morgan fingerprint density at radius 2 is 1.02 bits per heavy atom. The van der Waals surface area contributed by atoms with Crippen LogP contribution in [0.1, 0.15) is 156 Å². The van der Waals surface area contributed by atoms with Gasteiger partial charge in [0.15, 0.2) is 5.44 Å². The Hall–Kier alpha value is -1.11. The summed E-state index contributed by atoms with van der Waals surface area (Å²) in [6.45, 7) is 7.05. The standard InChI is InChI=1S/C34H62O5S/c1-4-7-10-13-16-22-27-34(28-23-17-14-11-8-5-2,29-24-18-15-12-9-6-3)33(40(35,36)37)39-31-30-38-32-25-20-19-21-26-32/h19-21,25-26,33H,4-18,22-24,27-31H2,1-3H3,(H,35,36,37). The van der Waals surface area contributed by atoms with Gasteiger partial charge >= 0.3 is 0 Å². The number of unbranched alkanes of at least 4 members (excludes halogenated alkanes) is 15. The number of ether oxygens (including phenoxy) is 2. The molecule has 0 radical (unpaired) electrons. The molecule has 0 aromatic heterocycles. The fraction of sp³-hybridized carbons (Fsp3) is 0.824. The highest BCUT2D eigenvalue weighted by Crippen LogP contribution is 2.44. The van der Waals surface area contributed by atoms with Crippen molar-refractivity contribution < 1.29 is 22.4 Å². The van der Waals surface area contributed by atoms with E-state index < -0.39 is 21.0 Å². The van der Waals surface area contributed by atoms with Crippen LogP contribution in [0.2, 0.25) is 0 Å². The van der Waals surface area contributed by atoms with E-state index in [1.807, 2.05) is 30.3 Å². The highest BCUT2D eigenvalue weighted by Gasteiger charge is 2.45. The van der Waals surface area contributed by atoms with E-state index in [4.69, 9.17) is 9.47 Å². The summed E-state index contributed by atoms with van der Waals surface area (Å²) in [4.78, 5) is 0. The first kappa shape index (κ1) is 36.9. The van der Waals surface area contributed by atoms with Crippen molar-refractivity contribution in [3.05, 3.63) is 30.3 Å². The number of hydrogen-bond donors (Lipinski definition) is 1. The molecule has 5 nitrogen and oxygen atoms in total. The molecule has 0 amide bonds. The van der Waals surface area contributed by atoms with Crippen LogP contribution in [0.15, 0.2) is 30.3 Å². The van der Waals surface area contributed by atoms with Crippen LogP contribution in [0.25, 0.3) is 0 Å². The quantitative estimate of drug-likeness (QED) is 0.0786. The van der Waals surface area contributed by atoms with E-state index in [1.54, 1.807) is 0 Å². The van der Waals surface area contributed by atoms with Gasteiger partial charge in [-0.15, -0.1) is 0 Å². The number of hydrogen-bond acceptors (Lipinski definition) is 4. The molecule has 1 aromatic rings. The normalized spacial score (nSPS) is 13.0. The van der Waals surface area contributed by atoms with Crippen molar-refractivity contribution in [2.24, 2.45) is 5.41 Å². The van der Waals surface area contributed by atoms with Crippen LogP contribution >= 0.6 is 0 Å². The molecule has 0 saturated carbocycles. The minimum atomic E-state index is -4.40. The van der Waals surface area contributed by atoms with Crippen LogP contribution in [0.4, 0.5) is 0 Å². The first-order valence-electron chi connectivity index (χ1n) is 16.7. The predicted octanol–water partition coefficient (Wildman–Crippen LogP) is 10.5. The van der Waals surface area contributed by atoms with Crippen LogP contribution in [-0.4, -0.2) is 31.6 Å². The summed E-state index contributed by atoms with van der Waals surface area (Å²) in [5.74, 6) is 0.729. The molecule has 0 fully saturated rings. The number of rotatable bonds is 28. The van der Waals surface area contributed by atoms with Gasteiger partial charge in [-0.05, 0) is 31.4 Å². The van der Waals surface area contributed by atoms with Crippen molar-refractivity contribution in [3.8, 4) is 5.75 Å². The first-order chi connectivity index (χ1) is 19.4. The molecule has 0 heterocycles. The molecule has 0 aliphatic heterocycles. The van der Waals surface area contributed by atoms with Gasteiger partial charge in [-0.3, -0.25) is 4.55 Å². The molecule has 1 aromatic carbocycles. The fourth-order valence-corrected chi connectivity index (χ4v) is 7.16. The lowest BCUT2D eigenvalue weighted by Crippen LogP contribution is -2.43. The molecule has 0 bridgehead atoms. The Labute approximate surface area is 248 Å². The summed E-state index contributed by atoms with van der Waals surface area (Å²) in [7, 11) is -4.40. The van der Waals surface area contributed by atoms with Crippen LogP contribution in [-0.2, 0) is 14.9 Å². The smallest absolute Gasteiger partial charge is 0.292 e. The van der Waals surface area contributed by atoms with Crippen molar-refractivity contribution in [3.63, 3.8) is 0 Å². The molecular formula is C34H62O5S. The lowest BCUT2D eigenvalue weighted by atomic mass is 9.74. The minimum absolute atomic E-state index is 0.130. The third-order valence-corrected chi connectivity index (χ3v) is 9.40. The highest BCUT2D eigenvalue weighted by atomic mass is 32.2. The molecule has 1 atom stereocenters. The summed E-state index contributed by atoms with van der Waals surface area (Å²) in [5.41, 5.74) is -1.78. The predicted molar refractivity (Wildman–Crippen MR) is 170 cm³/mol. The van der Waals surface area contributed by atoms with E-state index in [0.717, 1.165) is 63.5 Å². The van der Waals surface area contributed by atoms with E-state index in [1.165, 1.54) is 77.0 Å².